The second kappa shape index (κ2) is 5.19. The Morgan fingerprint density at radius 3 is 2.56 bits per heavy atom. The van der Waals surface area contributed by atoms with Gasteiger partial charge in [0.15, 0.2) is 0 Å². The Balaban J connectivity index is 2.45. The molecule has 0 saturated carbocycles. The van der Waals surface area contributed by atoms with Crippen molar-refractivity contribution in [3.8, 4) is 0 Å². The van der Waals surface area contributed by atoms with Gasteiger partial charge in [-0.2, -0.15) is 0 Å². The van der Waals surface area contributed by atoms with Gasteiger partial charge in [0.2, 0.25) is 0 Å². The first-order valence-corrected chi connectivity index (χ1v) is 5.95. The van der Waals surface area contributed by atoms with E-state index in [0.29, 0.717) is 12.0 Å². The van der Waals surface area contributed by atoms with Crippen molar-refractivity contribution in [2.75, 3.05) is 7.11 Å². The molecule has 0 spiro atoms. The fourth-order valence-corrected chi connectivity index (χ4v) is 1.95. The topological polar surface area (TPSA) is 46.5 Å². The first-order chi connectivity index (χ1) is 8.65. The maximum absolute atomic E-state index is 11.4. The lowest BCUT2D eigenvalue weighted by Gasteiger charge is -2.09. The van der Waals surface area contributed by atoms with Gasteiger partial charge in [-0.05, 0) is 41.0 Å². The Bertz CT molecular complexity index is 575. The number of carbonyl (C=O) groups is 1. The third-order valence-corrected chi connectivity index (χ3v) is 3.06. The lowest BCUT2D eigenvalue weighted by atomic mass is 10.0. The highest BCUT2D eigenvalue weighted by Crippen LogP contribution is 2.23. The zero-order chi connectivity index (χ0) is 13.1. The first kappa shape index (κ1) is 12.6. The third-order valence-electron chi connectivity index (χ3n) is 3.06. The lowest BCUT2D eigenvalue weighted by molar-refractivity contribution is 0.0601. The molecule has 1 unspecified atom stereocenters. The van der Waals surface area contributed by atoms with Gasteiger partial charge in [0.1, 0.15) is 0 Å². The van der Waals surface area contributed by atoms with Gasteiger partial charge in [0.25, 0.3) is 0 Å². The number of ether oxygens (including phenoxy) is 1. The zero-order valence-electron chi connectivity index (χ0n) is 10.5. The van der Waals surface area contributed by atoms with E-state index in [1.54, 1.807) is 12.1 Å². The summed E-state index contributed by atoms with van der Waals surface area (Å²) in [6.45, 7) is 1.94. The van der Waals surface area contributed by atoms with Crippen molar-refractivity contribution in [1.82, 2.24) is 0 Å². The Morgan fingerprint density at radius 1 is 1.22 bits per heavy atom. The molecule has 0 fully saturated rings. The number of hydrogen-bond acceptors (Lipinski definition) is 3. The summed E-state index contributed by atoms with van der Waals surface area (Å²) < 4.78 is 4.69. The predicted octanol–water partition coefficient (Wildman–Crippen LogP) is 3.07. The standard InChI is InChI=1S/C15H16O3/c1-3-14(16)12-6-4-11-9-13(15(17)18-2)7-5-10(11)8-12/h4-9,14,16H,3H2,1-2H3. The van der Waals surface area contributed by atoms with Gasteiger partial charge in [-0.1, -0.05) is 25.1 Å². The van der Waals surface area contributed by atoms with Crippen LogP contribution in [0.1, 0.15) is 35.4 Å². The van der Waals surface area contributed by atoms with Gasteiger partial charge in [0.05, 0.1) is 18.8 Å². The maximum atomic E-state index is 11.4. The van der Waals surface area contributed by atoms with Gasteiger partial charge in [-0.25, -0.2) is 4.79 Å². The van der Waals surface area contributed by atoms with E-state index < -0.39 is 6.10 Å². The van der Waals surface area contributed by atoms with Gasteiger partial charge in [-0.3, -0.25) is 0 Å². The smallest absolute Gasteiger partial charge is 0.337 e. The van der Waals surface area contributed by atoms with Crippen molar-refractivity contribution in [2.45, 2.75) is 19.4 Å². The molecule has 1 atom stereocenters. The van der Waals surface area contributed by atoms with E-state index >= 15 is 0 Å². The quantitative estimate of drug-likeness (QED) is 0.844. The molecule has 3 heteroatoms. The molecular weight excluding hydrogens is 228 g/mol. The highest BCUT2D eigenvalue weighted by Gasteiger charge is 2.08. The fourth-order valence-electron chi connectivity index (χ4n) is 1.95. The molecular formula is C15H16O3. The van der Waals surface area contributed by atoms with E-state index in [1.165, 1.54) is 7.11 Å². The molecule has 3 nitrogen and oxygen atoms in total. The maximum Gasteiger partial charge on any atom is 0.337 e. The van der Waals surface area contributed by atoms with Gasteiger partial charge < -0.3 is 9.84 Å². The van der Waals surface area contributed by atoms with Crippen LogP contribution in [-0.4, -0.2) is 18.2 Å². The van der Waals surface area contributed by atoms with Crippen molar-refractivity contribution < 1.29 is 14.6 Å². The molecule has 2 rings (SSSR count). The van der Waals surface area contributed by atoms with Crippen molar-refractivity contribution >= 4 is 16.7 Å². The molecule has 94 valence electrons. The van der Waals surface area contributed by atoms with Gasteiger partial charge in [-0.15, -0.1) is 0 Å². The van der Waals surface area contributed by atoms with E-state index in [2.05, 4.69) is 4.74 Å². The number of fused-ring (bicyclic) bond motifs is 1. The minimum Gasteiger partial charge on any atom is -0.465 e. The van der Waals surface area contributed by atoms with Crippen LogP contribution < -0.4 is 0 Å². The number of aliphatic hydroxyl groups excluding tert-OH is 1. The number of aliphatic hydroxyl groups is 1. The van der Waals surface area contributed by atoms with Crippen molar-refractivity contribution in [3.05, 3.63) is 47.5 Å². The Kier molecular flexibility index (Phi) is 3.63. The summed E-state index contributed by atoms with van der Waals surface area (Å²) in [6, 6.07) is 11.1. The van der Waals surface area contributed by atoms with E-state index in [0.717, 1.165) is 16.3 Å². The highest BCUT2D eigenvalue weighted by molar-refractivity contribution is 5.95. The summed E-state index contributed by atoms with van der Waals surface area (Å²) in [5, 5.41) is 11.8. The van der Waals surface area contributed by atoms with Crippen molar-refractivity contribution in [3.63, 3.8) is 0 Å². The van der Waals surface area contributed by atoms with Crippen LogP contribution in [-0.2, 0) is 4.74 Å². The fraction of sp³-hybridized carbons (Fsp3) is 0.267. The predicted molar refractivity (Wildman–Crippen MR) is 70.5 cm³/mol. The Labute approximate surface area is 106 Å². The molecule has 18 heavy (non-hydrogen) atoms. The summed E-state index contributed by atoms with van der Waals surface area (Å²) in [7, 11) is 1.37. The number of benzene rings is 2. The molecule has 1 N–H and O–H groups in total. The van der Waals surface area contributed by atoms with E-state index in [4.69, 9.17) is 0 Å². The molecule has 0 aliphatic carbocycles. The summed E-state index contributed by atoms with van der Waals surface area (Å²) in [6.07, 6.45) is 0.251. The monoisotopic (exact) mass is 244 g/mol. The number of esters is 1. The van der Waals surface area contributed by atoms with Crippen LogP contribution >= 0.6 is 0 Å². The minimum absolute atomic E-state index is 0.338. The van der Waals surface area contributed by atoms with E-state index in [9.17, 15) is 9.90 Å². The Morgan fingerprint density at radius 2 is 1.89 bits per heavy atom. The van der Waals surface area contributed by atoms with E-state index in [1.807, 2.05) is 31.2 Å². The lowest BCUT2D eigenvalue weighted by Crippen LogP contribution is -2.00. The summed E-state index contributed by atoms with van der Waals surface area (Å²) in [5.41, 5.74) is 1.43. The molecule has 0 aliphatic heterocycles. The van der Waals surface area contributed by atoms with Crippen LogP contribution in [0.2, 0.25) is 0 Å². The average Bonchev–Trinajstić information content (AvgIpc) is 2.44. The molecule has 0 amide bonds. The molecule has 2 aromatic carbocycles. The Hall–Kier alpha value is -1.87. The number of carbonyl (C=O) groups excluding carboxylic acids is 1. The third kappa shape index (κ3) is 2.36. The van der Waals surface area contributed by atoms with Gasteiger partial charge >= 0.3 is 5.97 Å². The largest absolute Gasteiger partial charge is 0.465 e. The van der Waals surface area contributed by atoms with Crippen molar-refractivity contribution in [1.29, 1.82) is 0 Å². The molecule has 0 bridgehead atoms. The van der Waals surface area contributed by atoms with Crippen molar-refractivity contribution in [2.24, 2.45) is 0 Å². The molecule has 0 aliphatic rings. The summed E-state index contributed by atoms with van der Waals surface area (Å²) >= 11 is 0. The first-order valence-electron chi connectivity index (χ1n) is 5.95. The minimum atomic E-state index is -0.435. The molecule has 0 radical (unpaired) electrons. The summed E-state index contributed by atoms with van der Waals surface area (Å²) in [4.78, 5) is 11.4. The van der Waals surface area contributed by atoms with Gasteiger partial charge in [0, 0.05) is 0 Å². The number of rotatable bonds is 3. The normalized spacial score (nSPS) is 12.4. The molecule has 0 aromatic heterocycles. The van der Waals surface area contributed by atoms with Crippen LogP contribution in [0.3, 0.4) is 0 Å². The van der Waals surface area contributed by atoms with Crippen LogP contribution in [0.15, 0.2) is 36.4 Å². The summed E-state index contributed by atoms with van der Waals surface area (Å²) in [5.74, 6) is -0.338. The zero-order valence-corrected chi connectivity index (χ0v) is 10.5. The van der Waals surface area contributed by atoms with Crippen LogP contribution in [0, 0.1) is 0 Å². The van der Waals surface area contributed by atoms with Crippen LogP contribution in [0.5, 0.6) is 0 Å². The van der Waals surface area contributed by atoms with Crippen LogP contribution in [0.25, 0.3) is 10.8 Å². The average molecular weight is 244 g/mol. The molecule has 2 aromatic rings. The second-order valence-corrected chi connectivity index (χ2v) is 4.24. The highest BCUT2D eigenvalue weighted by atomic mass is 16.5. The second-order valence-electron chi connectivity index (χ2n) is 4.24. The molecule has 0 heterocycles. The number of methoxy groups -OCH3 is 1. The number of hydrogen-bond donors (Lipinski definition) is 1. The SMILES string of the molecule is CCC(O)c1ccc2cc(C(=O)OC)ccc2c1. The molecule has 0 saturated heterocycles. The van der Waals surface area contributed by atoms with E-state index in [-0.39, 0.29) is 5.97 Å². The van der Waals surface area contributed by atoms with Crippen LogP contribution in [0.4, 0.5) is 0 Å².